The summed E-state index contributed by atoms with van der Waals surface area (Å²) in [6.45, 7) is 1.79. The van der Waals surface area contributed by atoms with Crippen molar-refractivity contribution in [2.24, 2.45) is 5.92 Å². The zero-order valence-corrected chi connectivity index (χ0v) is 11.4. The number of hydrogen-bond acceptors (Lipinski definition) is 4. The summed E-state index contributed by atoms with van der Waals surface area (Å²) in [5, 5.41) is 9.59. The molecule has 1 fully saturated rings. The summed E-state index contributed by atoms with van der Waals surface area (Å²) in [7, 11) is -3.29. The number of aliphatic hydroxyl groups is 1. The fourth-order valence-corrected chi connectivity index (χ4v) is 4.09. The molecule has 1 aliphatic carbocycles. The fraction of sp³-hybridized carbons (Fsp3) is 0.615. The SMILES string of the molecule is Cc1cccc(S(=O)(=O)CC2CCC(O)CC2)n1. The largest absolute Gasteiger partial charge is 0.393 e. The van der Waals surface area contributed by atoms with Gasteiger partial charge in [0.2, 0.25) is 0 Å². The molecule has 4 nitrogen and oxygen atoms in total. The van der Waals surface area contributed by atoms with E-state index in [1.54, 1.807) is 25.1 Å². The number of pyridine rings is 1. The smallest absolute Gasteiger partial charge is 0.195 e. The average Bonchev–Trinajstić information content (AvgIpc) is 2.32. The van der Waals surface area contributed by atoms with Gasteiger partial charge in [0.1, 0.15) is 0 Å². The van der Waals surface area contributed by atoms with Crippen LogP contribution in [0.3, 0.4) is 0 Å². The molecular formula is C13H19NO3S. The van der Waals surface area contributed by atoms with Crippen molar-refractivity contribution in [2.45, 2.75) is 43.7 Å². The molecule has 0 radical (unpaired) electrons. The van der Waals surface area contributed by atoms with Crippen LogP contribution in [0.5, 0.6) is 0 Å². The van der Waals surface area contributed by atoms with Crippen LogP contribution < -0.4 is 0 Å². The van der Waals surface area contributed by atoms with Gasteiger partial charge in [0.05, 0.1) is 11.9 Å². The molecule has 1 saturated carbocycles. The van der Waals surface area contributed by atoms with Crippen LogP contribution in [0.1, 0.15) is 31.4 Å². The minimum absolute atomic E-state index is 0.149. The summed E-state index contributed by atoms with van der Waals surface area (Å²) >= 11 is 0. The van der Waals surface area contributed by atoms with Crippen molar-refractivity contribution in [3.05, 3.63) is 23.9 Å². The van der Waals surface area contributed by atoms with Crippen molar-refractivity contribution in [3.8, 4) is 0 Å². The van der Waals surface area contributed by atoms with E-state index in [2.05, 4.69) is 4.98 Å². The van der Waals surface area contributed by atoms with Gasteiger partial charge < -0.3 is 5.11 Å². The summed E-state index contributed by atoms with van der Waals surface area (Å²) in [5.41, 5.74) is 0.718. The Hall–Kier alpha value is -0.940. The maximum Gasteiger partial charge on any atom is 0.195 e. The molecule has 1 heterocycles. The monoisotopic (exact) mass is 269 g/mol. The predicted molar refractivity (Wildman–Crippen MR) is 69.0 cm³/mol. The molecule has 0 aliphatic heterocycles. The Morgan fingerprint density at radius 3 is 2.56 bits per heavy atom. The van der Waals surface area contributed by atoms with Crippen molar-refractivity contribution in [1.82, 2.24) is 4.98 Å². The second kappa shape index (κ2) is 5.36. The van der Waals surface area contributed by atoms with E-state index in [9.17, 15) is 13.5 Å². The maximum absolute atomic E-state index is 12.2. The minimum atomic E-state index is -3.29. The molecular weight excluding hydrogens is 250 g/mol. The van der Waals surface area contributed by atoms with Gasteiger partial charge >= 0.3 is 0 Å². The Morgan fingerprint density at radius 1 is 1.28 bits per heavy atom. The molecule has 1 N–H and O–H groups in total. The highest BCUT2D eigenvalue weighted by Crippen LogP contribution is 2.27. The van der Waals surface area contributed by atoms with Gasteiger partial charge in [-0.2, -0.15) is 0 Å². The fourth-order valence-electron chi connectivity index (χ4n) is 2.40. The molecule has 2 rings (SSSR count). The molecule has 0 amide bonds. The predicted octanol–water partition coefficient (Wildman–Crippen LogP) is 1.71. The summed E-state index contributed by atoms with van der Waals surface area (Å²) in [6.07, 6.45) is 2.74. The molecule has 18 heavy (non-hydrogen) atoms. The molecule has 100 valence electrons. The Kier molecular flexibility index (Phi) is 4.02. The van der Waals surface area contributed by atoms with Crippen molar-refractivity contribution in [3.63, 3.8) is 0 Å². The molecule has 0 spiro atoms. The van der Waals surface area contributed by atoms with Crippen LogP contribution in [-0.2, 0) is 9.84 Å². The number of sulfone groups is 1. The lowest BCUT2D eigenvalue weighted by molar-refractivity contribution is 0.113. The summed E-state index contributed by atoms with van der Waals surface area (Å²) in [4.78, 5) is 4.09. The third-order valence-electron chi connectivity index (χ3n) is 3.45. The number of aliphatic hydroxyl groups excluding tert-OH is 1. The molecule has 1 aromatic rings. The van der Waals surface area contributed by atoms with Gasteiger partial charge in [-0.15, -0.1) is 0 Å². The van der Waals surface area contributed by atoms with Crippen molar-refractivity contribution in [2.75, 3.05) is 5.75 Å². The first kappa shape index (κ1) is 13.5. The summed E-state index contributed by atoms with van der Waals surface area (Å²) in [6, 6.07) is 5.07. The van der Waals surface area contributed by atoms with Gasteiger partial charge in [-0.3, -0.25) is 0 Å². The average molecular weight is 269 g/mol. The van der Waals surface area contributed by atoms with Gasteiger partial charge in [0.15, 0.2) is 14.9 Å². The lowest BCUT2D eigenvalue weighted by Gasteiger charge is -2.24. The van der Waals surface area contributed by atoms with Gasteiger partial charge in [-0.25, -0.2) is 13.4 Å². The normalized spacial score (nSPS) is 25.0. The van der Waals surface area contributed by atoms with Crippen LogP contribution >= 0.6 is 0 Å². The summed E-state index contributed by atoms with van der Waals surface area (Å²) in [5.74, 6) is 0.302. The Bertz CT molecular complexity index is 505. The second-order valence-electron chi connectivity index (χ2n) is 5.07. The quantitative estimate of drug-likeness (QED) is 0.907. The number of rotatable bonds is 3. The van der Waals surface area contributed by atoms with Gasteiger partial charge in [-0.1, -0.05) is 6.07 Å². The number of aryl methyl sites for hydroxylation is 1. The van der Waals surface area contributed by atoms with E-state index >= 15 is 0 Å². The number of nitrogens with zero attached hydrogens (tertiary/aromatic N) is 1. The van der Waals surface area contributed by atoms with Crippen molar-refractivity contribution < 1.29 is 13.5 Å². The van der Waals surface area contributed by atoms with E-state index in [4.69, 9.17) is 0 Å². The molecule has 0 bridgehead atoms. The first-order valence-corrected chi connectivity index (χ1v) is 7.97. The Labute approximate surface area is 108 Å². The maximum atomic E-state index is 12.2. The van der Waals surface area contributed by atoms with E-state index in [-0.39, 0.29) is 22.8 Å². The highest BCUT2D eigenvalue weighted by Gasteiger charge is 2.26. The van der Waals surface area contributed by atoms with E-state index in [0.29, 0.717) is 12.8 Å². The topological polar surface area (TPSA) is 67.3 Å². The Morgan fingerprint density at radius 2 is 1.94 bits per heavy atom. The van der Waals surface area contributed by atoms with Gasteiger partial charge in [0.25, 0.3) is 0 Å². The zero-order chi connectivity index (χ0) is 13.2. The van der Waals surface area contributed by atoms with Crippen molar-refractivity contribution in [1.29, 1.82) is 0 Å². The zero-order valence-electron chi connectivity index (χ0n) is 10.5. The van der Waals surface area contributed by atoms with Crippen LogP contribution in [-0.4, -0.2) is 30.4 Å². The molecule has 0 aromatic carbocycles. The lowest BCUT2D eigenvalue weighted by Crippen LogP contribution is -2.24. The molecule has 0 atom stereocenters. The van der Waals surface area contributed by atoms with Crippen LogP contribution in [0.2, 0.25) is 0 Å². The number of aromatic nitrogens is 1. The standard InChI is InChI=1S/C13H19NO3S/c1-10-3-2-4-13(14-10)18(16,17)9-11-5-7-12(15)8-6-11/h2-4,11-12,15H,5-9H2,1H3. The van der Waals surface area contributed by atoms with Gasteiger partial charge in [0, 0.05) is 5.69 Å². The van der Waals surface area contributed by atoms with Crippen LogP contribution in [0.25, 0.3) is 0 Å². The second-order valence-corrected chi connectivity index (χ2v) is 7.05. The molecule has 0 saturated heterocycles. The van der Waals surface area contributed by atoms with E-state index in [1.165, 1.54) is 0 Å². The highest BCUT2D eigenvalue weighted by atomic mass is 32.2. The van der Waals surface area contributed by atoms with Crippen LogP contribution in [0.4, 0.5) is 0 Å². The highest BCUT2D eigenvalue weighted by molar-refractivity contribution is 7.91. The summed E-state index contributed by atoms with van der Waals surface area (Å²) < 4.78 is 24.4. The first-order chi connectivity index (χ1) is 8.47. The van der Waals surface area contributed by atoms with Gasteiger partial charge in [-0.05, 0) is 50.7 Å². The van der Waals surface area contributed by atoms with Crippen LogP contribution in [0.15, 0.2) is 23.2 Å². The molecule has 5 heteroatoms. The van der Waals surface area contributed by atoms with Crippen LogP contribution in [0, 0.1) is 12.8 Å². The molecule has 1 aromatic heterocycles. The first-order valence-electron chi connectivity index (χ1n) is 6.32. The Balaban J connectivity index is 2.08. The third kappa shape index (κ3) is 3.29. The molecule has 0 unspecified atom stereocenters. The van der Waals surface area contributed by atoms with E-state index < -0.39 is 9.84 Å². The third-order valence-corrected chi connectivity index (χ3v) is 5.23. The van der Waals surface area contributed by atoms with E-state index in [1.807, 2.05) is 0 Å². The van der Waals surface area contributed by atoms with Crippen molar-refractivity contribution >= 4 is 9.84 Å². The lowest BCUT2D eigenvalue weighted by atomic mass is 9.89. The van der Waals surface area contributed by atoms with E-state index in [0.717, 1.165) is 18.5 Å². The minimum Gasteiger partial charge on any atom is -0.393 e. The molecule has 1 aliphatic rings. The number of hydrogen-bond donors (Lipinski definition) is 1.